The molecule has 1 unspecified atom stereocenters. The molecule has 3 nitrogen and oxygen atoms in total. The molecule has 7 heteroatoms. The van der Waals surface area contributed by atoms with E-state index in [1.807, 2.05) is 0 Å². The first-order valence-corrected chi connectivity index (χ1v) is 6.97. The molecule has 1 aliphatic carbocycles. The zero-order valence-corrected chi connectivity index (χ0v) is 10.0. The predicted molar refractivity (Wildman–Crippen MR) is 53.5 cm³/mol. The third kappa shape index (κ3) is 4.85. The normalized spacial score (nSPS) is 23.0. The summed E-state index contributed by atoms with van der Waals surface area (Å²) in [4.78, 5) is 0. The van der Waals surface area contributed by atoms with Crippen LogP contribution in [-0.2, 0) is 13.6 Å². The first kappa shape index (κ1) is 14.0. The van der Waals surface area contributed by atoms with E-state index in [1.165, 1.54) is 0 Å². The standard InChI is InChI=1S/C9H16F3O3P/c1-14-16(13,7-9(10,11)12)15-8-5-3-2-4-6-8/h8H,2-7H2,1H3. The van der Waals surface area contributed by atoms with E-state index in [2.05, 4.69) is 4.52 Å². The molecule has 0 aliphatic heterocycles. The molecule has 16 heavy (non-hydrogen) atoms. The van der Waals surface area contributed by atoms with E-state index in [4.69, 9.17) is 4.52 Å². The smallest absolute Gasteiger partial charge is 0.312 e. The molecular formula is C9H16F3O3P. The van der Waals surface area contributed by atoms with Crippen LogP contribution in [0.15, 0.2) is 0 Å². The second-order valence-corrected chi connectivity index (χ2v) is 6.05. The van der Waals surface area contributed by atoms with Gasteiger partial charge in [-0.3, -0.25) is 4.57 Å². The fraction of sp³-hybridized carbons (Fsp3) is 1.00. The number of alkyl halides is 3. The third-order valence-electron chi connectivity index (χ3n) is 2.51. The van der Waals surface area contributed by atoms with Crippen LogP contribution in [0.5, 0.6) is 0 Å². The van der Waals surface area contributed by atoms with E-state index in [-0.39, 0.29) is 6.10 Å². The van der Waals surface area contributed by atoms with Crippen molar-refractivity contribution in [1.82, 2.24) is 0 Å². The Kier molecular flexibility index (Phi) is 4.83. The van der Waals surface area contributed by atoms with E-state index in [1.54, 1.807) is 0 Å². The van der Waals surface area contributed by atoms with Crippen LogP contribution < -0.4 is 0 Å². The third-order valence-corrected chi connectivity index (χ3v) is 4.43. The maximum Gasteiger partial charge on any atom is 0.400 e. The van der Waals surface area contributed by atoms with Crippen molar-refractivity contribution in [2.24, 2.45) is 0 Å². The highest BCUT2D eigenvalue weighted by molar-refractivity contribution is 7.53. The number of rotatable bonds is 4. The molecule has 0 aromatic rings. The monoisotopic (exact) mass is 260 g/mol. The Morgan fingerprint density at radius 1 is 1.25 bits per heavy atom. The summed E-state index contributed by atoms with van der Waals surface area (Å²) in [6.45, 7) is 0. The summed E-state index contributed by atoms with van der Waals surface area (Å²) in [5.41, 5.74) is 0. The maximum atomic E-state index is 12.2. The Labute approximate surface area is 92.8 Å². The quantitative estimate of drug-likeness (QED) is 0.722. The van der Waals surface area contributed by atoms with E-state index in [9.17, 15) is 17.7 Å². The molecule has 0 N–H and O–H groups in total. The molecule has 1 atom stereocenters. The van der Waals surface area contributed by atoms with Crippen LogP contribution in [0.25, 0.3) is 0 Å². The minimum Gasteiger partial charge on any atom is -0.312 e. The van der Waals surface area contributed by atoms with Crippen molar-refractivity contribution >= 4 is 7.60 Å². The first-order valence-electron chi connectivity index (χ1n) is 5.24. The van der Waals surface area contributed by atoms with E-state index in [0.717, 1.165) is 26.4 Å². The molecule has 0 radical (unpaired) electrons. The van der Waals surface area contributed by atoms with Crippen molar-refractivity contribution in [2.45, 2.75) is 44.4 Å². The molecule has 1 rings (SSSR count). The van der Waals surface area contributed by atoms with Gasteiger partial charge in [-0.25, -0.2) is 0 Å². The van der Waals surface area contributed by atoms with Gasteiger partial charge in [0.1, 0.15) is 6.16 Å². The topological polar surface area (TPSA) is 35.5 Å². The zero-order chi connectivity index (χ0) is 12.2. The Bertz CT molecular complexity index is 261. The Morgan fingerprint density at radius 3 is 2.25 bits per heavy atom. The summed E-state index contributed by atoms with van der Waals surface area (Å²) in [6.07, 6.45) is -2.22. The van der Waals surface area contributed by atoms with Crippen LogP contribution >= 0.6 is 7.60 Å². The molecule has 0 aromatic carbocycles. The maximum absolute atomic E-state index is 12.2. The minimum atomic E-state index is -4.53. The highest BCUT2D eigenvalue weighted by Gasteiger charge is 2.42. The Hall–Kier alpha value is -0.0600. The highest BCUT2D eigenvalue weighted by atomic mass is 31.2. The van der Waals surface area contributed by atoms with E-state index < -0.39 is 19.9 Å². The molecule has 0 spiro atoms. The summed E-state index contributed by atoms with van der Waals surface area (Å²) in [5.74, 6) is 0. The summed E-state index contributed by atoms with van der Waals surface area (Å²) < 4.78 is 57.6. The molecule has 1 aliphatic rings. The van der Waals surface area contributed by atoms with Crippen LogP contribution in [0.1, 0.15) is 32.1 Å². The van der Waals surface area contributed by atoms with E-state index in [0.29, 0.717) is 12.8 Å². The largest absolute Gasteiger partial charge is 0.400 e. The second kappa shape index (κ2) is 5.52. The van der Waals surface area contributed by atoms with Gasteiger partial charge < -0.3 is 9.05 Å². The lowest BCUT2D eigenvalue weighted by molar-refractivity contribution is -0.110. The predicted octanol–water partition coefficient (Wildman–Crippen LogP) is 3.74. The summed E-state index contributed by atoms with van der Waals surface area (Å²) in [6, 6.07) is 0. The van der Waals surface area contributed by atoms with Gasteiger partial charge in [0.15, 0.2) is 0 Å². The van der Waals surface area contributed by atoms with Gasteiger partial charge in [0, 0.05) is 7.11 Å². The van der Waals surface area contributed by atoms with Crippen LogP contribution in [0.4, 0.5) is 13.2 Å². The first-order chi connectivity index (χ1) is 7.35. The summed E-state index contributed by atoms with van der Waals surface area (Å²) in [7, 11) is -3.02. The lowest BCUT2D eigenvalue weighted by atomic mass is 9.98. The molecular weight excluding hydrogens is 244 g/mol. The molecule has 1 saturated carbocycles. The van der Waals surface area contributed by atoms with Crippen LogP contribution in [-0.4, -0.2) is 25.6 Å². The average molecular weight is 260 g/mol. The zero-order valence-electron chi connectivity index (χ0n) is 9.13. The summed E-state index contributed by atoms with van der Waals surface area (Å²) >= 11 is 0. The number of hydrogen-bond acceptors (Lipinski definition) is 3. The molecule has 0 bridgehead atoms. The van der Waals surface area contributed by atoms with Crippen LogP contribution in [0, 0.1) is 0 Å². The van der Waals surface area contributed by atoms with Crippen molar-refractivity contribution in [2.75, 3.05) is 13.3 Å². The number of hydrogen-bond donors (Lipinski definition) is 0. The van der Waals surface area contributed by atoms with Gasteiger partial charge >= 0.3 is 13.8 Å². The van der Waals surface area contributed by atoms with Gasteiger partial charge in [0.25, 0.3) is 0 Å². The van der Waals surface area contributed by atoms with Crippen molar-refractivity contribution in [3.8, 4) is 0 Å². The molecule has 0 saturated heterocycles. The van der Waals surface area contributed by atoms with Gasteiger partial charge in [-0.1, -0.05) is 19.3 Å². The fourth-order valence-corrected chi connectivity index (χ4v) is 3.16. The molecule has 0 heterocycles. The van der Waals surface area contributed by atoms with Crippen molar-refractivity contribution in [3.05, 3.63) is 0 Å². The molecule has 0 aromatic heterocycles. The van der Waals surface area contributed by atoms with Crippen molar-refractivity contribution in [1.29, 1.82) is 0 Å². The Morgan fingerprint density at radius 2 is 1.81 bits per heavy atom. The van der Waals surface area contributed by atoms with Crippen LogP contribution in [0.3, 0.4) is 0 Å². The molecule has 0 amide bonds. The molecule has 96 valence electrons. The van der Waals surface area contributed by atoms with Crippen LogP contribution in [0.2, 0.25) is 0 Å². The fourth-order valence-electron chi connectivity index (χ4n) is 1.76. The van der Waals surface area contributed by atoms with Crippen molar-refractivity contribution in [3.63, 3.8) is 0 Å². The lowest BCUT2D eigenvalue weighted by Crippen LogP contribution is -2.21. The Balaban J connectivity index is 2.55. The van der Waals surface area contributed by atoms with Gasteiger partial charge in [-0.2, -0.15) is 13.2 Å². The van der Waals surface area contributed by atoms with Gasteiger partial charge in [0.05, 0.1) is 6.10 Å². The average Bonchev–Trinajstić information content (AvgIpc) is 2.16. The lowest BCUT2D eigenvalue weighted by Gasteiger charge is -2.26. The minimum absolute atomic E-state index is 0.359. The van der Waals surface area contributed by atoms with Gasteiger partial charge in [-0.15, -0.1) is 0 Å². The van der Waals surface area contributed by atoms with E-state index >= 15 is 0 Å². The second-order valence-electron chi connectivity index (χ2n) is 3.93. The molecule has 1 fully saturated rings. The SMILES string of the molecule is COP(=O)(CC(F)(F)F)OC1CCCCC1. The number of halogens is 3. The van der Waals surface area contributed by atoms with Crippen molar-refractivity contribution < 1.29 is 26.8 Å². The van der Waals surface area contributed by atoms with Gasteiger partial charge in [0.2, 0.25) is 0 Å². The summed E-state index contributed by atoms with van der Waals surface area (Å²) in [5, 5.41) is 0. The highest BCUT2D eigenvalue weighted by Crippen LogP contribution is 2.53. The van der Waals surface area contributed by atoms with Gasteiger partial charge in [-0.05, 0) is 12.8 Å².